The van der Waals surface area contributed by atoms with Gasteiger partial charge in [-0.1, -0.05) is 0 Å². The van der Waals surface area contributed by atoms with E-state index < -0.39 is 28.6 Å². The van der Waals surface area contributed by atoms with Crippen molar-refractivity contribution < 1.29 is 33.3 Å². The Morgan fingerprint density at radius 3 is 1.95 bits per heavy atom. The Morgan fingerprint density at radius 1 is 0.591 bits per heavy atom. The zero-order valence-electron chi connectivity index (χ0n) is 39.0. The summed E-state index contributed by atoms with van der Waals surface area (Å²) >= 11 is -9.43. The fraction of sp³-hybridized carbons (Fsp3) is 0.213. The van der Waals surface area contributed by atoms with E-state index in [1.54, 1.807) is 7.11 Å². The summed E-state index contributed by atoms with van der Waals surface area (Å²) in [5, 5.41) is 0. The Morgan fingerprint density at radius 2 is 1.21 bits per heavy atom. The molecule has 0 spiro atoms. The van der Waals surface area contributed by atoms with Gasteiger partial charge in [-0.15, -0.1) is 0 Å². The summed E-state index contributed by atoms with van der Waals surface area (Å²) in [4.78, 5) is 0. The first-order chi connectivity index (χ1) is 31.8. The zero-order chi connectivity index (χ0) is 45.7. The molecule has 0 bridgehead atoms. The van der Waals surface area contributed by atoms with E-state index in [9.17, 15) is 17.0 Å². The summed E-state index contributed by atoms with van der Waals surface area (Å²) in [5.74, 6) is 1.31. The molecule has 3 atom stereocenters. The molecule has 0 N–H and O–H groups in total. The SMILES string of the molecule is COc1ccc(-c2cccc3c2C=C(CC(C)C)[CH]3[Zr]([CH]2C(C)=Cc3ccccc32)[Zr]([Cl])([Cl])([c]2cccc3c2Cc2ccccc2-3)[CH]2C(C)=Cc3c(-c4cc(C)cc(C)c4)cccc32)cc1. The number of halogens is 2. The molecule has 4 aliphatic rings. The van der Waals surface area contributed by atoms with E-state index in [1.165, 1.54) is 109 Å². The van der Waals surface area contributed by atoms with Crippen LogP contribution in [-0.4, -0.2) is 7.11 Å². The summed E-state index contributed by atoms with van der Waals surface area (Å²) in [5.41, 5.74) is 25.3. The van der Waals surface area contributed by atoms with E-state index in [0.29, 0.717) is 5.92 Å². The first-order valence-electron chi connectivity index (χ1n) is 23.6. The van der Waals surface area contributed by atoms with Gasteiger partial charge in [0, 0.05) is 0 Å². The molecule has 0 aliphatic heterocycles. The topological polar surface area (TPSA) is 9.23 Å². The Balaban J connectivity index is 1.25. The van der Waals surface area contributed by atoms with Gasteiger partial charge in [-0.05, 0) is 0 Å². The summed E-state index contributed by atoms with van der Waals surface area (Å²) < 4.78 is 7.18. The second-order valence-electron chi connectivity index (χ2n) is 19.9. The molecule has 1 nitrogen and oxygen atoms in total. The molecule has 0 radical (unpaired) electrons. The molecule has 0 fully saturated rings. The molecule has 3 unspecified atom stereocenters. The van der Waals surface area contributed by atoms with Gasteiger partial charge in [0.15, 0.2) is 0 Å². The van der Waals surface area contributed by atoms with E-state index in [4.69, 9.17) is 4.74 Å². The first kappa shape index (κ1) is 44.4. The first-order valence-corrected chi connectivity index (χ1v) is 44.0. The van der Waals surface area contributed by atoms with Crippen molar-refractivity contribution in [2.24, 2.45) is 5.92 Å². The van der Waals surface area contributed by atoms with Gasteiger partial charge in [0.1, 0.15) is 0 Å². The average molecular weight is 1060 g/mol. The van der Waals surface area contributed by atoms with Gasteiger partial charge < -0.3 is 0 Å². The number of hydrogen-bond donors (Lipinski definition) is 0. The van der Waals surface area contributed by atoms with Gasteiger partial charge in [-0.3, -0.25) is 0 Å². The number of aryl methyl sites for hydroxylation is 2. The van der Waals surface area contributed by atoms with Crippen LogP contribution in [0.25, 0.3) is 51.6 Å². The molecule has 11 rings (SSSR count). The fourth-order valence-electron chi connectivity index (χ4n) is 12.8. The van der Waals surface area contributed by atoms with Crippen LogP contribution in [0.1, 0.15) is 101 Å². The van der Waals surface area contributed by atoms with Crippen LogP contribution in [0.3, 0.4) is 0 Å². The van der Waals surface area contributed by atoms with Crippen LogP contribution in [0.2, 0.25) is 0 Å². The predicted molar refractivity (Wildman–Crippen MR) is 275 cm³/mol. The third-order valence-corrected chi connectivity index (χ3v) is 84.5. The van der Waals surface area contributed by atoms with Gasteiger partial charge >= 0.3 is 407 Å². The standard InChI is InChI=1S/C20H21O.C18H17.C13H9.C10H9.2ClH.2Zr/c1-14(2)11-15-12-17-5-4-6-19(20(17)13-15)16-7-9-18(21-3)10-8-16;1-12-7-13(2)10-16(9-12)17-6-4-5-15-8-14(3)11-18(15)17;1-3-7-12-10(5-1)9-11-6-2-4-8-13(11)12;1-8-6-9-4-2-3-5-10(9)7-8;;;;/h4-10,12-14H,11H2,1-3H3;4-11H,1-3H3;1-5,7-8H,9H2;2-7H,1H3;2*1H;;/q;;;;;;;+2/p-2. The summed E-state index contributed by atoms with van der Waals surface area (Å²) in [6.07, 6.45) is 9.41. The zero-order valence-corrected chi connectivity index (χ0v) is 45.4. The molecule has 0 amide bonds. The number of hydrogen-bond acceptors (Lipinski definition) is 1. The molecular formula is C61H56Cl2OZr2. The third-order valence-electron chi connectivity index (χ3n) is 15.2. The maximum atomic E-state index is 9.79. The summed E-state index contributed by atoms with van der Waals surface area (Å²) in [6, 6.07) is 54.9. The third kappa shape index (κ3) is 7.03. The normalized spacial score (nSPS) is 18.4. The molecule has 0 saturated carbocycles. The molecule has 7 aromatic carbocycles. The molecule has 5 heteroatoms. The van der Waals surface area contributed by atoms with E-state index in [0.717, 1.165) is 18.6 Å². The van der Waals surface area contributed by atoms with Gasteiger partial charge in [0.25, 0.3) is 0 Å². The van der Waals surface area contributed by atoms with Crippen molar-refractivity contribution in [1.82, 2.24) is 0 Å². The molecule has 7 aromatic rings. The molecule has 4 aliphatic carbocycles. The number of ether oxygens (including phenoxy) is 1. The van der Waals surface area contributed by atoms with Gasteiger partial charge in [-0.2, -0.15) is 0 Å². The molecule has 0 aromatic heterocycles. The van der Waals surface area contributed by atoms with Crippen LogP contribution in [0.5, 0.6) is 5.75 Å². The maximum absolute atomic E-state index is 9.79. The molecule has 0 saturated heterocycles. The Bertz CT molecular complexity index is 3200. The van der Waals surface area contributed by atoms with Crippen LogP contribution < -0.4 is 8.01 Å². The Labute approximate surface area is 403 Å². The number of benzene rings is 7. The van der Waals surface area contributed by atoms with Crippen LogP contribution in [-0.2, 0) is 35.0 Å². The van der Waals surface area contributed by atoms with Gasteiger partial charge in [0.05, 0.1) is 0 Å². The quantitative estimate of drug-likeness (QED) is 0.133. The van der Waals surface area contributed by atoms with Crippen molar-refractivity contribution in [3.63, 3.8) is 0 Å². The molecule has 66 heavy (non-hydrogen) atoms. The number of methoxy groups -OCH3 is 1. The monoisotopic (exact) mass is 1050 g/mol. The van der Waals surface area contributed by atoms with Crippen molar-refractivity contribution >= 4 is 38.5 Å². The van der Waals surface area contributed by atoms with Crippen molar-refractivity contribution in [3.05, 3.63) is 218 Å². The second-order valence-corrected chi connectivity index (χ2v) is 76.2. The van der Waals surface area contributed by atoms with Crippen LogP contribution in [0, 0.1) is 19.8 Å². The molecule has 328 valence electrons. The minimum atomic E-state index is -5.77. The number of fused-ring (bicyclic) bond motifs is 6. The number of allylic oxidation sites excluding steroid dienone is 3. The number of rotatable bonds is 10. The second kappa shape index (κ2) is 16.8. The average Bonchev–Trinajstić information content (AvgIpc) is 4.05. The molecular weight excluding hydrogens is 1000 g/mol. The Hall–Kier alpha value is -4.09. The van der Waals surface area contributed by atoms with E-state index in [2.05, 4.69) is 205 Å². The fourth-order valence-corrected chi connectivity index (χ4v) is 96.4. The van der Waals surface area contributed by atoms with Crippen molar-refractivity contribution in [2.75, 3.05) is 7.11 Å². The van der Waals surface area contributed by atoms with E-state index in [1.807, 2.05) is 0 Å². The molecule has 0 heterocycles. The van der Waals surface area contributed by atoms with Gasteiger partial charge in [-0.25, -0.2) is 0 Å². The summed E-state index contributed by atoms with van der Waals surface area (Å²) in [7, 11) is 21.3. The predicted octanol–water partition coefficient (Wildman–Crippen LogP) is 16.9. The van der Waals surface area contributed by atoms with Crippen molar-refractivity contribution in [1.29, 1.82) is 0 Å². The minimum absolute atomic E-state index is 0.102. The van der Waals surface area contributed by atoms with E-state index >= 15 is 0 Å². The van der Waals surface area contributed by atoms with Crippen LogP contribution in [0.15, 0.2) is 162 Å². The van der Waals surface area contributed by atoms with Gasteiger partial charge in [0.2, 0.25) is 0 Å². The van der Waals surface area contributed by atoms with Crippen LogP contribution >= 0.6 is 17.0 Å². The van der Waals surface area contributed by atoms with Crippen molar-refractivity contribution in [2.45, 2.75) is 65.3 Å². The summed E-state index contributed by atoms with van der Waals surface area (Å²) in [6.45, 7) is 14.0. The van der Waals surface area contributed by atoms with Crippen molar-refractivity contribution in [3.8, 4) is 39.1 Å². The van der Waals surface area contributed by atoms with Crippen LogP contribution in [0.4, 0.5) is 0 Å². The van der Waals surface area contributed by atoms with E-state index in [-0.39, 0.29) is 10.9 Å². The Kier molecular flexibility index (Phi) is 11.3.